The first kappa shape index (κ1) is 15.4. The minimum absolute atomic E-state index is 0.192. The van der Waals surface area contributed by atoms with Crippen LogP contribution in [0.25, 0.3) is 0 Å². The molecule has 0 radical (unpaired) electrons. The molecule has 1 aromatic carbocycles. The predicted octanol–water partition coefficient (Wildman–Crippen LogP) is 2.46. The Hall–Kier alpha value is -1.00. The van der Waals surface area contributed by atoms with Gasteiger partial charge in [0.05, 0.1) is 6.42 Å². The normalized spacial score (nSPS) is 17.3. The highest BCUT2D eigenvalue weighted by atomic mass is 32.1. The van der Waals surface area contributed by atoms with E-state index in [0.717, 1.165) is 36.6 Å². The van der Waals surface area contributed by atoms with Gasteiger partial charge < -0.3 is 4.90 Å². The molecule has 0 N–H and O–H groups in total. The molecule has 0 aliphatic carbocycles. The molecule has 1 aromatic rings. The van der Waals surface area contributed by atoms with Gasteiger partial charge in [-0.05, 0) is 38.5 Å². The lowest BCUT2D eigenvalue weighted by Gasteiger charge is -2.42. The van der Waals surface area contributed by atoms with Gasteiger partial charge in [0.25, 0.3) is 0 Å². The van der Waals surface area contributed by atoms with E-state index in [9.17, 15) is 4.79 Å². The SMILES string of the molecule is CC(C)(C)N1CCN(C(=O)Cc2ccc(S)cc2)CC1. The largest absolute Gasteiger partial charge is 0.340 e. The Kier molecular flexibility index (Phi) is 4.76. The van der Waals surface area contributed by atoms with Gasteiger partial charge in [0.1, 0.15) is 0 Å². The van der Waals surface area contributed by atoms with Crippen molar-refractivity contribution in [2.45, 2.75) is 37.6 Å². The van der Waals surface area contributed by atoms with Crippen LogP contribution in [0.2, 0.25) is 0 Å². The Balaban J connectivity index is 1.87. The number of piperazine rings is 1. The fourth-order valence-electron chi connectivity index (χ4n) is 2.53. The van der Waals surface area contributed by atoms with Crippen LogP contribution in [-0.4, -0.2) is 47.4 Å². The fraction of sp³-hybridized carbons (Fsp3) is 0.562. The molecule has 0 saturated carbocycles. The number of amides is 1. The van der Waals surface area contributed by atoms with Gasteiger partial charge >= 0.3 is 0 Å². The molecule has 1 aliphatic rings. The maximum Gasteiger partial charge on any atom is 0.227 e. The molecule has 1 fully saturated rings. The van der Waals surface area contributed by atoms with Crippen LogP contribution in [0.4, 0.5) is 0 Å². The summed E-state index contributed by atoms with van der Waals surface area (Å²) in [5.41, 5.74) is 1.25. The van der Waals surface area contributed by atoms with Crippen molar-refractivity contribution in [3.05, 3.63) is 29.8 Å². The van der Waals surface area contributed by atoms with Crippen molar-refractivity contribution in [2.75, 3.05) is 26.2 Å². The molecule has 1 saturated heterocycles. The summed E-state index contributed by atoms with van der Waals surface area (Å²) in [5.74, 6) is 0.227. The van der Waals surface area contributed by atoms with E-state index in [1.54, 1.807) is 0 Å². The van der Waals surface area contributed by atoms with Crippen molar-refractivity contribution < 1.29 is 4.79 Å². The van der Waals surface area contributed by atoms with Crippen molar-refractivity contribution in [1.82, 2.24) is 9.80 Å². The molecule has 3 nitrogen and oxygen atoms in total. The number of benzene rings is 1. The summed E-state index contributed by atoms with van der Waals surface area (Å²) in [5, 5.41) is 0. The van der Waals surface area contributed by atoms with E-state index in [2.05, 4.69) is 38.3 Å². The van der Waals surface area contributed by atoms with E-state index in [1.165, 1.54) is 0 Å². The smallest absolute Gasteiger partial charge is 0.227 e. The average molecular weight is 292 g/mol. The Bertz CT molecular complexity index is 456. The Labute approximate surface area is 127 Å². The number of nitrogens with zero attached hydrogens (tertiary/aromatic N) is 2. The van der Waals surface area contributed by atoms with Gasteiger partial charge in [0.15, 0.2) is 0 Å². The summed E-state index contributed by atoms with van der Waals surface area (Å²) in [6.07, 6.45) is 0.490. The lowest BCUT2D eigenvalue weighted by Crippen LogP contribution is -2.54. The molecule has 0 bridgehead atoms. The zero-order chi connectivity index (χ0) is 14.8. The summed E-state index contributed by atoms with van der Waals surface area (Å²) in [7, 11) is 0. The average Bonchev–Trinajstić information content (AvgIpc) is 2.40. The molecule has 1 aliphatic heterocycles. The van der Waals surface area contributed by atoms with Gasteiger partial charge in [-0.3, -0.25) is 9.69 Å². The molecular formula is C16H24N2OS. The van der Waals surface area contributed by atoms with Gasteiger partial charge in [0, 0.05) is 36.6 Å². The second-order valence-electron chi connectivity index (χ2n) is 6.38. The Morgan fingerprint density at radius 3 is 2.15 bits per heavy atom. The third-order valence-corrected chi connectivity index (χ3v) is 4.17. The highest BCUT2D eigenvalue weighted by molar-refractivity contribution is 7.80. The van der Waals surface area contributed by atoms with Crippen LogP contribution in [0.3, 0.4) is 0 Å². The minimum Gasteiger partial charge on any atom is -0.340 e. The first-order chi connectivity index (χ1) is 9.36. The van der Waals surface area contributed by atoms with Crippen LogP contribution in [-0.2, 0) is 11.2 Å². The lowest BCUT2D eigenvalue weighted by atomic mass is 10.0. The van der Waals surface area contributed by atoms with E-state index in [1.807, 2.05) is 29.2 Å². The van der Waals surface area contributed by atoms with Crippen LogP contribution in [0.15, 0.2) is 29.2 Å². The number of carbonyl (C=O) groups is 1. The summed E-state index contributed by atoms with van der Waals surface area (Å²) in [6, 6.07) is 7.82. The summed E-state index contributed by atoms with van der Waals surface area (Å²) < 4.78 is 0. The van der Waals surface area contributed by atoms with Gasteiger partial charge in [-0.25, -0.2) is 0 Å². The molecule has 20 heavy (non-hydrogen) atoms. The summed E-state index contributed by atoms with van der Waals surface area (Å²) >= 11 is 4.26. The summed E-state index contributed by atoms with van der Waals surface area (Å²) in [6.45, 7) is 10.3. The van der Waals surface area contributed by atoms with Crippen LogP contribution < -0.4 is 0 Å². The Morgan fingerprint density at radius 2 is 1.65 bits per heavy atom. The van der Waals surface area contributed by atoms with Crippen molar-refractivity contribution in [3.63, 3.8) is 0 Å². The number of rotatable bonds is 2. The van der Waals surface area contributed by atoms with Crippen molar-refractivity contribution in [2.24, 2.45) is 0 Å². The number of carbonyl (C=O) groups excluding carboxylic acids is 1. The van der Waals surface area contributed by atoms with E-state index < -0.39 is 0 Å². The second kappa shape index (κ2) is 6.19. The van der Waals surface area contributed by atoms with Crippen molar-refractivity contribution in [3.8, 4) is 0 Å². The number of thiol groups is 1. The standard InChI is InChI=1S/C16H24N2OS/c1-16(2,3)18-10-8-17(9-11-18)15(19)12-13-4-6-14(20)7-5-13/h4-7,20H,8-12H2,1-3H3. The fourth-order valence-corrected chi connectivity index (χ4v) is 2.68. The first-order valence-corrected chi connectivity index (χ1v) is 7.62. The third kappa shape index (κ3) is 4.00. The maximum atomic E-state index is 12.3. The molecule has 4 heteroatoms. The lowest BCUT2D eigenvalue weighted by molar-refractivity contribution is -0.133. The Morgan fingerprint density at radius 1 is 1.10 bits per heavy atom. The van der Waals surface area contributed by atoms with Gasteiger partial charge in [-0.15, -0.1) is 12.6 Å². The third-order valence-electron chi connectivity index (χ3n) is 3.87. The highest BCUT2D eigenvalue weighted by Gasteiger charge is 2.27. The van der Waals surface area contributed by atoms with E-state index in [-0.39, 0.29) is 11.4 Å². The molecule has 0 spiro atoms. The molecule has 0 aromatic heterocycles. The molecule has 110 valence electrons. The minimum atomic E-state index is 0.192. The molecule has 2 rings (SSSR count). The van der Waals surface area contributed by atoms with Crippen LogP contribution in [0, 0.1) is 0 Å². The van der Waals surface area contributed by atoms with E-state index >= 15 is 0 Å². The highest BCUT2D eigenvalue weighted by Crippen LogP contribution is 2.16. The second-order valence-corrected chi connectivity index (χ2v) is 6.90. The van der Waals surface area contributed by atoms with Crippen molar-refractivity contribution >= 4 is 18.5 Å². The van der Waals surface area contributed by atoms with Crippen LogP contribution in [0.1, 0.15) is 26.3 Å². The summed E-state index contributed by atoms with van der Waals surface area (Å²) in [4.78, 5) is 17.6. The quantitative estimate of drug-likeness (QED) is 0.847. The molecule has 0 atom stereocenters. The monoisotopic (exact) mass is 292 g/mol. The predicted molar refractivity (Wildman–Crippen MR) is 85.3 cm³/mol. The topological polar surface area (TPSA) is 23.6 Å². The van der Waals surface area contributed by atoms with Gasteiger partial charge in [-0.2, -0.15) is 0 Å². The molecule has 1 amide bonds. The maximum absolute atomic E-state index is 12.3. The van der Waals surface area contributed by atoms with Crippen LogP contribution in [0.5, 0.6) is 0 Å². The van der Waals surface area contributed by atoms with Crippen molar-refractivity contribution in [1.29, 1.82) is 0 Å². The zero-order valence-corrected chi connectivity index (χ0v) is 13.5. The zero-order valence-electron chi connectivity index (χ0n) is 12.6. The molecular weight excluding hydrogens is 268 g/mol. The molecule has 1 heterocycles. The number of hydrogen-bond donors (Lipinski definition) is 1. The van der Waals surface area contributed by atoms with E-state index in [4.69, 9.17) is 0 Å². The van der Waals surface area contributed by atoms with Crippen LogP contribution >= 0.6 is 12.6 Å². The van der Waals surface area contributed by atoms with Gasteiger partial charge in [-0.1, -0.05) is 12.1 Å². The van der Waals surface area contributed by atoms with E-state index in [0.29, 0.717) is 6.42 Å². The van der Waals surface area contributed by atoms with Gasteiger partial charge in [0.2, 0.25) is 5.91 Å². The number of hydrogen-bond acceptors (Lipinski definition) is 3. The molecule has 0 unspecified atom stereocenters. The first-order valence-electron chi connectivity index (χ1n) is 7.17.